The molecule has 0 saturated carbocycles. The third kappa shape index (κ3) is 5.81. The smallest absolute Gasteiger partial charge is 0.270 e. The first-order valence-corrected chi connectivity index (χ1v) is 12.3. The topological polar surface area (TPSA) is 113 Å². The number of aromatic amines is 1. The van der Waals surface area contributed by atoms with Crippen LogP contribution < -0.4 is 14.8 Å². The Morgan fingerprint density at radius 1 is 1.11 bits per heavy atom. The van der Waals surface area contributed by atoms with Gasteiger partial charge in [-0.2, -0.15) is 0 Å². The number of carbonyl (C=O) groups excluding carboxylic acids is 3. The van der Waals surface area contributed by atoms with Crippen LogP contribution in [0, 0.1) is 5.92 Å². The standard InChI is InChI=1S/C26H34N4O6/c1-34-13-8-24(31)30-16-19-18-6-7-22(35-2)23(15-18)36-14-12-29(26(33)21-5-3-9-27-21)11-4-10-28-25(32)20(19)17-30/h3,5-7,9,15,19-20,27H,4,8,10-14,16-17H2,1-2H3,(H,28,32)/t19-,20+/m1/s1. The van der Waals surface area contributed by atoms with Crippen LogP contribution >= 0.6 is 0 Å². The number of carbonyl (C=O) groups is 3. The van der Waals surface area contributed by atoms with E-state index in [2.05, 4.69) is 10.3 Å². The lowest BCUT2D eigenvalue weighted by Gasteiger charge is -2.25. The van der Waals surface area contributed by atoms with Crippen LogP contribution in [-0.2, 0) is 14.3 Å². The average Bonchev–Trinajstić information content (AvgIpc) is 3.58. The molecule has 36 heavy (non-hydrogen) atoms. The number of hydrogen-bond acceptors (Lipinski definition) is 6. The van der Waals surface area contributed by atoms with Crippen LogP contribution in [0.2, 0.25) is 0 Å². The minimum Gasteiger partial charge on any atom is -0.493 e. The molecule has 4 rings (SSSR count). The second-order valence-electron chi connectivity index (χ2n) is 9.03. The summed E-state index contributed by atoms with van der Waals surface area (Å²) >= 11 is 0. The Hall–Kier alpha value is -3.53. The van der Waals surface area contributed by atoms with Gasteiger partial charge in [-0.15, -0.1) is 0 Å². The molecule has 0 aliphatic carbocycles. The molecule has 2 aliphatic rings. The maximum Gasteiger partial charge on any atom is 0.270 e. The van der Waals surface area contributed by atoms with Crippen LogP contribution in [-0.4, -0.2) is 92.7 Å². The van der Waals surface area contributed by atoms with Gasteiger partial charge in [0, 0.05) is 45.4 Å². The van der Waals surface area contributed by atoms with E-state index in [9.17, 15) is 14.4 Å². The molecule has 0 spiro atoms. The molecule has 2 N–H and O–H groups in total. The monoisotopic (exact) mass is 498 g/mol. The van der Waals surface area contributed by atoms with Crippen LogP contribution in [0.5, 0.6) is 11.5 Å². The van der Waals surface area contributed by atoms with Crippen molar-refractivity contribution >= 4 is 17.7 Å². The summed E-state index contributed by atoms with van der Waals surface area (Å²) in [6.07, 6.45) is 2.59. The van der Waals surface area contributed by atoms with Gasteiger partial charge in [-0.25, -0.2) is 0 Å². The van der Waals surface area contributed by atoms with E-state index in [-0.39, 0.29) is 36.7 Å². The number of likely N-dealkylation sites (tertiary alicyclic amines) is 1. The second kappa shape index (κ2) is 11.9. The molecule has 3 amide bonds. The average molecular weight is 499 g/mol. The zero-order chi connectivity index (χ0) is 25.5. The highest BCUT2D eigenvalue weighted by Crippen LogP contribution is 2.38. The van der Waals surface area contributed by atoms with Crippen molar-refractivity contribution in [2.45, 2.75) is 18.8 Å². The van der Waals surface area contributed by atoms with E-state index in [1.165, 1.54) is 0 Å². The maximum atomic E-state index is 13.3. The van der Waals surface area contributed by atoms with E-state index < -0.39 is 5.92 Å². The molecule has 0 unspecified atom stereocenters. The molecule has 1 fully saturated rings. The first kappa shape index (κ1) is 25.6. The van der Waals surface area contributed by atoms with Gasteiger partial charge in [0.1, 0.15) is 12.3 Å². The number of aromatic nitrogens is 1. The van der Waals surface area contributed by atoms with Crippen molar-refractivity contribution in [2.75, 3.05) is 60.2 Å². The Kier molecular flexibility index (Phi) is 8.48. The van der Waals surface area contributed by atoms with Gasteiger partial charge in [-0.05, 0) is 36.2 Å². The van der Waals surface area contributed by atoms with Gasteiger partial charge in [0.05, 0.1) is 32.6 Å². The van der Waals surface area contributed by atoms with Gasteiger partial charge < -0.3 is 34.3 Å². The van der Waals surface area contributed by atoms with Crippen LogP contribution in [0.1, 0.15) is 34.8 Å². The molecule has 10 heteroatoms. The van der Waals surface area contributed by atoms with Crippen molar-refractivity contribution in [3.05, 3.63) is 47.8 Å². The summed E-state index contributed by atoms with van der Waals surface area (Å²) in [5.74, 6) is 0.306. The zero-order valence-electron chi connectivity index (χ0n) is 20.8. The molecular weight excluding hydrogens is 464 g/mol. The summed E-state index contributed by atoms with van der Waals surface area (Å²) in [7, 11) is 3.14. The minimum atomic E-state index is -0.391. The number of benzene rings is 1. The van der Waals surface area contributed by atoms with Crippen molar-refractivity contribution in [1.82, 2.24) is 20.1 Å². The van der Waals surface area contributed by atoms with Crippen LogP contribution in [0.4, 0.5) is 0 Å². The lowest BCUT2D eigenvalue weighted by Crippen LogP contribution is -2.39. The number of H-pyrrole nitrogens is 1. The molecule has 2 aliphatic heterocycles. The summed E-state index contributed by atoms with van der Waals surface area (Å²) in [6, 6.07) is 9.15. The van der Waals surface area contributed by atoms with Crippen molar-refractivity contribution in [3.8, 4) is 11.5 Å². The van der Waals surface area contributed by atoms with Gasteiger partial charge >= 0.3 is 0 Å². The number of nitrogens with one attached hydrogen (secondary N) is 2. The Morgan fingerprint density at radius 2 is 1.94 bits per heavy atom. The fourth-order valence-corrected chi connectivity index (χ4v) is 4.82. The molecule has 10 nitrogen and oxygen atoms in total. The second-order valence-corrected chi connectivity index (χ2v) is 9.03. The first-order chi connectivity index (χ1) is 17.5. The Balaban J connectivity index is 1.58. The number of amides is 3. The number of hydrogen-bond donors (Lipinski definition) is 2. The Labute approximate surface area is 210 Å². The van der Waals surface area contributed by atoms with E-state index in [4.69, 9.17) is 14.2 Å². The third-order valence-electron chi connectivity index (χ3n) is 6.78. The lowest BCUT2D eigenvalue weighted by molar-refractivity contribution is -0.131. The van der Waals surface area contributed by atoms with Crippen molar-refractivity contribution in [3.63, 3.8) is 0 Å². The molecule has 194 valence electrons. The predicted molar refractivity (Wildman–Crippen MR) is 132 cm³/mol. The number of methoxy groups -OCH3 is 2. The summed E-state index contributed by atoms with van der Waals surface area (Å²) in [4.78, 5) is 45.4. The van der Waals surface area contributed by atoms with E-state index >= 15 is 0 Å². The largest absolute Gasteiger partial charge is 0.493 e. The zero-order valence-corrected chi connectivity index (χ0v) is 20.8. The molecule has 1 aromatic carbocycles. The van der Waals surface area contributed by atoms with Crippen molar-refractivity contribution in [1.29, 1.82) is 0 Å². The molecule has 2 bridgehead atoms. The maximum absolute atomic E-state index is 13.3. The van der Waals surface area contributed by atoms with E-state index in [0.717, 1.165) is 5.56 Å². The highest BCUT2D eigenvalue weighted by atomic mass is 16.5. The summed E-state index contributed by atoms with van der Waals surface area (Å²) < 4.78 is 16.6. The molecule has 0 radical (unpaired) electrons. The van der Waals surface area contributed by atoms with E-state index in [1.54, 1.807) is 42.3 Å². The van der Waals surface area contributed by atoms with Crippen LogP contribution in [0.25, 0.3) is 0 Å². The number of ether oxygens (including phenoxy) is 3. The molecule has 1 saturated heterocycles. The molecule has 3 heterocycles. The number of rotatable bonds is 5. The van der Waals surface area contributed by atoms with Gasteiger partial charge in [-0.3, -0.25) is 14.4 Å². The SMILES string of the molecule is COCCC(=O)N1C[C@@H]2C(=O)NCCCN(C(=O)c3ccc[nH]3)CCOc3cc(ccc3OC)[C@H]2C1. The Bertz CT molecular complexity index is 1060. The molecule has 2 atom stereocenters. The van der Waals surface area contributed by atoms with Crippen LogP contribution in [0.15, 0.2) is 36.5 Å². The highest BCUT2D eigenvalue weighted by Gasteiger charge is 2.40. The van der Waals surface area contributed by atoms with Gasteiger partial charge in [0.25, 0.3) is 5.91 Å². The fraction of sp³-hybridized carbons (Fsp3) is 0.500. The normalized spacial score (nSPS) is 20.7. The summed E-state index contributed by atoms with van der Waals surface area (Å²) in [6.45, 7) is 2.71. The predicted octanol–water partition coefficient (Wildman–Crippen LogP) is 1.64. The van der Waals surface area contributed by atoms with E-state index in [1.807, 2.05) is 18.2 Å². The summed E-state index contributed by atoms with van der Waals surface area (Å²) in [5, 5.41) is 3.03. The quantitative estimate of drug-likeness (QED) is 0.648. The number of fused-ring (bicyclic) bond motifs is 4. The molecular formula is C26H34N4O6. The Morgan fingerprint density at radius 3 is 2.69 bits per heavy atom. The van der Waals surface area contributed by atoms with Gasteiger partial charge in [0.15, 0.2) is 11.5 Å². The molecule has 1 aromatic heterocycles. The van der Waals surface area contributed by atoms with Crippen molar-refractivity contribution in [2.24, 2.45) is 5.92 Å². The first-order valence-electron chi connectivity index (χ1n) is 12.3. The number of nitrogens with zero attached hydrogens (tertiary/aromatic N) is 2. The van der Waals surface area contributed by atoms with Crippen molar-refractivity contribution < 1.29 is 28.6 Å². The lowest BCUT2D eigenvalue weighted by atomic mass is 9.88. The minimum absolute atomic E-state index is 0.0291. The van der Waals surface area contributed by atoms with Gasteiger partial charge in [0.2, 0.25) is 11.8 Å². The third-order valence-corrected chi connectivity index (χ3v) is 6.78. The summed E-state index contributed by atoms with van der Waals surface area (Å²) in [5.41, 5.74) is 1.41. The van der Waals surface area contributed by atoms with E-state index in [0.29, 0.717) is 62.9 Å². The fourth-order valence-electron chi connectivity index (χ4n) is 4.82. The van der Waals surface area contributed by atoms with Gasteiger partial charge in [-0.1, -0.05) is 6.07 Å². The van der Waals surface area contributed by atoms with Crippen LogP contribution in [0.3, 0.4) is 0 Å². The highest BCUT2D eigenvalue weighted by molar-refractivity contribution is 5.92. The molecule has 2 aromatic rings.